The normalized spacial score (nSPS) is 11.7. The Balaban J connectivity index is 3.18. The van der Waals surface area contributed by atoms with Crippen molar-refractivity contribution in [1.82, 2.24) is 4.57 Å². The highest BCUT2D eigenvalue weighted by atomic mass is 19.4. The average Bonchev–Trinajstić information content (AvgIpc) is 2.02. The lowest BCUT2D eigenvalue weighted by Gasteiger charge is -2.07. The second-order valence-corrected chi connectivity index (χ2v) is 2.54. The van der Waals surface area contributed by atoms with E-state index in [-0.39, 0.29) is 0 Å². The van der Waals surface area contributed by atoms with Crippen LogP contribution in [0.25, 0.3) is 0 Å². The lowest BCUT2D eigenvalue weighted by molar-refractivity contribution is -0.137. The molecule has 0 aliphatic rings. The summed E-state index contributed by atoms with van der Waals surface area (Å²) in [5.41, 5.74) is -1.53. The minimum absolute atomic E-state index is 0.372. The Kier molecular flexibility index (Phi) is 2.45. The summed E-state index contributed by atoms with van der Waals surface area (Å²) in [5, 5.41) is 0. The molecule has 0 radical (unpaired) electrons. The molecule has 0 bridgehead atoms. The second kappa shape index (κ2) is 3.24. The summed E-state index contributed by atoms with van der Waals surface area (Å²) >= 11 is 0. The minimum Gasteiger partial charge on any atom is -0.316 e. The van der Waals surface area contributed by atoms with Gasteiger partial charge in [-0.2, -0.15) is 13.2 Å². The Morgan fingerprint density at radius 1 is 1.46 bits per heavy atom. The fraction of sp³-hybridized carbons (Fsp3) is 0.375. The summed E-state index contributed by atoms with van der Waals surface area (Å²) in [6, 6.07) is 1.49. The topological polar surface area (TPSA) is 22.0 Å². The Morgan fingerprint density at radius 2 is 2.08 bits per heavy atom. The van der Waals surface area contributed by atoms with Gasteiger partial charge in [-0.25, -0.2) is 0 Å². The van der Waals surface area contributed by atoms with Crippen LogP contribution in [0, 0.1) is 0 Å². The highest BCUT2D eigenvalue weighted by Crippen LogP contribution is 2.27. The van der Waals surface area contributed by atoms with Crippen LogP contribution in [0.5, 0.6) is 0 Å². The molecule has 0 unspecified atom stereocenters. The van der Waals surface area contributed by atoms with Gasteiger partial charge in [-0.15, -0.1) is 0 Å². The van der Waals surface area contributed by atoms with Crippen molar-refractivity contribution >= 4 is 0 Å². The second-order valence-electron chi connectivity index (χ2n) is 2.54. The van der Waals surface area contributed by atoms with Crippen LogP contribution in [0.1, 0.15) is 12.5 Å². The number of rotatable bonds is 1. The zero-order valence-electron chi connectivity index (χ0n) is 6.93. The Labute approximate surface area is 72.6 Å². The molecule has 0 spiro atoms. The zero-order valence-corrected chi connectivity index (χ0v) is 6.93. The van der Waals surface area contributed by atoms with E-state index in [4.69, 9.17) is 0 Å². The van der Waals surface area contributed by atoms with Gasteiger partial charge < -0.3 is 4.57 Å². The monoisotopic (exact) mass is 191 g/mol. The SMILES string of the molecule is CCn1ccc(C(F)(F)F)cc1=O. The van der Waals surface area contributed by atoms with Gasteiger partial charge in [0.05, 0.1) is 5.56 Å². The van der Waals surface area contributed by atoms with Gasteiger partial charge in [-0.3, -0.25) is 4.79 Å². The Bertz CT molecular complexity index is 353. The molecule has 0 saturated heterocycles. The smallest absolute Gasteiger partial charge is 0.316 e. The number of nitrogens with zero attached hydrogens (tertiary/aromatic N) is 1. The largest absolute Gasteiger partial charge is 0.416 e. The van der Waals surface area contributed by atoms with Gasteiger partial charge in [-0.1, -0.05) is 0 Å². The zero-order chi connectivity index (χ0) is 10.1. The van der Waals surface area contributed by atoms with Crippen molar-refractivity contribution in [3.05, 3.63) is 34.2 Å². The molecule has 0 aliphatic carbocycles. The maximum atomic E-state index is 12.1. The summed E-state index contributed by atoms with van der Waals surface area (Å²) in [6.45, 7) is 2.06. The van der Waals surface area contributed by atoms with E-state index in [1.165, 1.54) is 4.57 Å². The lowest BCUT2D eigenvalue weighted by atomic mass is 10.2. The summed E-state index contributed by atoms with van der Waals surface area (Å²) in [5.74, 6) is 0. The van der Waals surface area contributed by atoms with Crippen molar-refractivity contribution in [2.24, 2.45) is 0 Å². The summed E-state index contributed by atoms with van der Waals surface area (Å²) in [7, 11) is 0. The van der Waals surface area contributed by atoms with E-state index in [0.29, 0.717) is 12.6 Å². The molecule has 2 nitrogen and oxygen atoms in total. The van der Waals surface area contributed by atoms with Crippen molar-refractivity contribution < 1.29 is 13.2 Å². The summed E-state index contributed by atoms with van der Waals surface area (Å²) in [6.07, 6.45) is -3.29. The van der Waals surface area contributed by atoms with E-state index in [9.17, 15) is 18.0 Å². The molecular weight excluding hydrogens is 183 g/mol. The maximum Gasteiger partial charge on any atom is 0.416 e. The van der Waals surface area contributed by atoms with Gasteiger partial charge >= 0.3 is 6.18 Å². The van der Waals surface area contributed by atoms with Crippen molar-refractivity contribution in [3.8, 4) is 0 Å². The standard InChI is InChI=1S/C8H8F3NO/c1-2-12-4-3-6(5-7(12)13)8(9,10)11/h3-5H,2H2,1H3. The number of aryl methyl sites for hydroxylation is 1. The molecule has 0 amide bonds. The molecule has 13 heavy (non-hydrogen) atoms. The lowest BCUT2D eigenvalue weighted by Crippen LogP contribution is -2.20. The number of alkyl halides is 3. The van der Waals surface area contributed by atoms with Gasteiger partial charge in [0.2, 0.25) is 0 Å². The summed E-state index contributed by atoms with van der Waals surface area (Å²) < 4.78 is 37.4. The maximum absolute atomic E-state index is 12.1. The third kappa shape index (κ3) is 2.11. The van der Waals surface area contributed by atoms with E-state index in [1.807, 2.05) is 0 Å². The highest BCUT2D eigenvalue weighted by Gasteiger charge is 2.30. The van der Waals surface area contributed by atoms with E-state index >= 15 is 0 Å². The number of hydrogen-bond donors (Lipinski definition) is 0. The van der Waals surface area contributed by atoms with Gasteiger partial charge in [0.15, 0.2) is 0 Å². The van der Waals surface area contributed by atoms with Crippen LogP contribution in [0.15, 0.2) is 23.1 Å². The molecular formula is C8H8F3NO. The first-order valence-electron chi connectivity index (χ1n) is 3.73. The van der Waals surface area contributed by atoms with Crippen LogP contribution in [-0.2, 0) is 12.7 Å². The fourth-order valence-corrected chi connectivity index (χ4v) is 0.945. The van der Waals surface area contributed by atoms with Crippen LogP contribution in [-0.4, -0.2) is 4.57 Å². The first-order chi connectivity index (χ1) is 5.95. The van der Waals surface area contributed by atoms with E-state index in [1.54, 1.807) is 6.92 Å². The quantitative estimate of drug-likeness (QED) is 0.664. The molecule has 1 aromatic rings. The summed E-state index contributed by atoms with van der Waals surface area (Å²) in [4.78, 5) is 11.0. The van der Waals surface area contributed by atoms with Gasteiger partial charge in [0.1, 0.15) is 0 Å². The number of halogens is 3. The average molecular weight is 191 g/mol. The van der Waals surface area contributed by atoms with E-state index < -0.39 is 17.3 Å². The van der Waals surface area contributed by atoms with Crippen LogP contribution >= 0.6 is 0 Å². The molecule has 0 atom stereocenters. The molecule has 0 aromatic carbocycles. The number of aromatic nitrogens is 1. The fourth-order valence-electron chi connectivity index (χ4n) is 0.945. The Hall–Kier alpha value is -1.26. The predicted molar refractivity (Wildman–Crippen MR) is 41.4 cm³/mol. The highest BCUT2D eigenvalue weighted by molar-refractivity contribution is 5.14. The van der Waals surface area contributed by atoms with Crippen LogP contribution in [0.4, 0.5) is 13.2 Å². The van der Waals surface area contributed by atoms with Crippen molar-refractivity contribution in [2.75, 3.05) is 0 Å². The molecule has 1 rings (SSSR count). The third-order valence-electron chi connectivity index (χ3n) is 1.66. The van der Waals surface area contributed by atoms with Crippen LogP contribution in [0.3, 0.4) is 0 Å². The molecule has 1 aromatic heterocycles. The van der Waals surface area contributed by atoms with E-state index in [0.717, 1.165) is 12.3 Å². The van der Waals surface area contributed by atoms with Gasteiger partial charge in [-0.05, 0) is 13.0 Å². The van der Waals surface area contributed by atoms with Gasteiger partial charge in [0, 0.05) is 18.8 Å². The number of hydrogen-bond acceptors (Lipinski definition) is 1. The van der Waals surface area contributed by atoms with Crippen molar-refractivity contribution in [3.63, 3.8) is 0 Å². The number of pyridine rings is 1. The molecule has 0 N–H and O–H groups in total. The molecule has 0 fully saturated rings. The third-order valence-corrected chi connectivity index (χ3v) is 1.66. The van der Waals surface area contributed by atoms with Crippen molar-refractivity contribution in [2.45, 2.75) is 19.6 Å². The molecule has 0 saturated carbocycles. The molecule has 0 aliphatic heterocycles. The molecule has 5 heteroatoms. The van der Waals surface area contributed by atoms with Gasteiger partial charge in [0.25, 0.3) is 5.56 Å². The minimum atomic E-state index is -4.44. The van der Waals surface area contributed by atoms with E-state index in [2.05, 4.69) is 0 Å². The molecule has 72 valence electrons. The molecule has 1 heterocycles. The Morgan fingerprint density at radius 3 is 2.46 bits per heavy atom. The van der Waals surface area contributed by atoms with Crippen molar-refractivity contribution in [1.29, 1.82) is 0 Å². The van der Waals surface area contributed by atoms with Crippen LogP contribution < -0.4 is 5.56 Å². The first kappa shape index (κ1) is 9.83. The first-order valence-corrected chi connectivity index (χ1v) is 3.73. The predicted octanol–water partition coefficient (Wildman–Crippen LogP) is 1.89. The van der Waals surface area contributed by atoms with Crippen LogP contribution in [0.2, 0.25) is 0 Å².